The molecule has 0 atom stereocenters. The Morgan fingerprint density at radius 2 is 1.63 bits per heavy atom. The first-order valence-electron chi connectivity index (χ1n) is 10.5. The molecule has 1 saturated heterocycles. The summed E-state index contributed by atoms with van der Waals surface area (Å²) in [6.45, 7) is 6.15. The minimum atomic E-state index is -0.0645. The lowest BCUT2D eigenvalue weighted by Gasteiger charge is -2.31. The molecule has 1 aliphatic heterocycles. The average Bonchev–Trinajstić information content (AvgIpc) is 2.75. The summed E-state index contributed by atoms with van der Waals surface area (Å²) in [5, 5.41) is 2.95. The summed E-state index contributed by atoms with van der Waals surface area (Å²) in [6, 6.07) is 15.4. The van der Waals surface area contributed by atoms with Gasteiger partial charge in [-0.1, -0.05) is 24.3 Å². The van der Waals surface area contributed by atoms with Crippen LogP contribution in [-0.2, 0) is 9.59 Å². The van der Waals surface area contributed by atoms with E-state index in [2.05, 4.69) is 11.4 Å². The quantitative estimate of drug-likeness (QED) is 0.679. The summed E-state index contributed by atoms with van der Waals surface area (Å²) in [5.41, 5.74) is 2.31. The number of hydrogen-bond acceptors (Lipinski definition) is 4. The van der Waals surface area contributed by atoms with Crippen LogP contribution in [0.5, 0.6) is 11.5 Å². The van der Waals surface area contributed by atoms with E-state index >= 15 is 0 Å². The number of piperidine rings is 1. The van der Waals surface area contributed by atoms with Crippen molar-refractivity contribution in [3.05, 3.63) is 59.7 Å². The summed E-state index contributed by atoms with van der Waals surface area (Å²) >= 11 is 0. The van der Waals surface area contributed by atoms with Crippen molar-refractivity contribution in [2.75, 3.05) is 32.8 Å². The Hall–Kier alpha value is -3.02. The Bertz CT molecular complexity index is 825. The van der Waals surface area contributed by atoms with Crippen molar-refractivity contribution in [3.8, 4) is 11.5 Å². The SMILES string of the molecule is Cc1cc(C)cc(OCCNC(=O)C2CCN(C(=O)COc3ccccc3)CC2)c1. The van der Waals surface area contributed by atoms with Crippen LogP contribution in [0, 0.1) is 19.8 Å². The van der Waals surface area contributed by atoms with Crippen LogP contribution in [0.4, 0.5) is 0 Å². The first-order chi connectivity index (χ1) is 14.5. The molecule has 0 spiro atoms. The maximum absolute atomic E-state index is 12.4. The lowest BCUT2D eigenvalue weighted by atomic mass is 9.96. The number of benzene rings is 2. The highest BCUT2D eigenvalue weighted by Crippen LogP contribution is 2.18. The van der Waals surface area contributed by atoms with Crippen molar-refractivity contribution in [3.63, 3.8) is 0 Å². The van der Waals surface area contributed by atoms with Gasteiger partial charge in [-0.15, -0.1) is 0 Å². The number of hydrogen-bond donors (Lipinski definition) is 1. The predicted octanol–water partition coefficient (Wildman–Crippen LogP) is 3.12. The molecule has 0 saturated carbocycles. The van der Waals surface area contributed by atoms with Crippen LogP contribution < -0.4 is 14.8 Å². The lowest BCUT2D eigenvalue weighted by molar-refractivity contribution is -0.137. The zero-order chi connectivity index (χ0) is 21.3. The number of rotatable bonds is 8. The van der Waals surface area contributed by atoms with Crippen molar-refractivity contribution < 1.29 is 19.1 Å². The summed E-state index contributed by atoms with van der Waals surface area (Å²) in [6.07, 6.45) is 1.34. The summed E-state index contributed by atoms with van der Waals surface area (Å²) in [4.78, 5) is 26.5. The fourth-order valence-corrected chi connectivity index (χ4v) is 3.65. The van der Waals surface area contributed by atoms with Crippen LogP contribution in [0.3, 0.4) is 0 Å². The maximum atomic E-state index is 12.4. The molecule has 6 heteroatoms. The molecule has 2 aromatic rings. The molecular weight excluding hydrogens is 380 g/mol. The summed E-state index contributed by atoms with van der Waals surface area (Å²) < 4.78 is 11.3. The average molecular weight is 411 g/mol. The Kier molecular flexibility index (Phi) is 7.71. The van der Waals surface area contributed by atoms with Crippen molar-refractivity contribution in [2.45, 2.75) is 26.7 Å². The van der Waals surface area contributed by atoms with Gasteiger partial charge < -0.3 is 19.7 Å². The fraction of sp³-hybridized carbons (Fsp3) is 0.417. The first-order valence-corrected chi connectivity index (χ1v) is 10.5. The number of carbonyl (C=O) groups excluding carboxylic acids is 2. The normalized spacial score (nSPS) is 14.3. The molecule has 2 amide bonds. The Morgan fingerprint density at radius 3 is 2.30 bits per heavy atom. The second-order valence-electron chi connectivity index (χ2n) is 7.72. The predicted molar refractivity (Wildman–Crippen MR) is 116 cm³/mol. The first kappa shape index (κ1) is 21.7. The molecule has 0 bridgehead atoms. The van der Waals surface area contributed by atoms with Crippen LogP contribution in [0.1, 0.15) is 24.0 Å². The highest BCUT2D eigenvalue weighted by atomic mass is 16.5. The number of para-hydroxylation sites is 1. The van der Waals surface area contributed by atoms with Crippen LogP contribution >= 0.6 is 0 Å². The Morgan fingerprint density at radius 1 is 0.967 bits per heavy atom. The number of likely N-dealkylation sites (tertiary alicyclic amines) is 1. The summed E-state index contributed by atoms with van der Waals surface area (Å²) in [5.74, 6) is 1.44. The number of amides is 2. The second-order valence-corrected chi connectivity index (χ2v) is 7.72. The fourth-order valence-electron chi connectivity index (χ4n) is 3.65. The third kappa shape index (κ3) is 6.51. The smallest absolute Gasteiger partial charge is 0.260 e. The number of ether oxygens (including phenoxy) is 2. The molecule has 6 nitrogen and oxygen atoms in total. The van der Waals surface area contributed by atoms with E-state index in [-0.39, 0.29) is 24.3 Å². The van der Waals surface area contributed by atoms with Crippen LogP contribution in [-0.4, -0.2) is 49.6 Å². The van der Waals surface area contributed by atoms with Crippen LogP contribution in [0.2, 0.25) is 0 Å². The van der Waals surface area contributed by atoms with Crippen molar-refractivity contribution in [1.29, 1.82) is 0 Å². The highest BCUT2D eigenvalue weighted by Gasteiger charge is 2.27. The molecule has 1 aliphatic rings. The number of nitrogens with one attached hydrogen (secondary N) is 1. The van der Waals surface area contributed by atoms with Crippen LogP contribution in [0.25, 0.3) is 0 Å². The number of nitrogens with zero attached hydrogens (tertiary/aromatic N) is 1. The van der Waals surface area contributed by atoms with E-state index in [4.69, 9.17) is 9.47 Å². The van der Waals surface area contributed by atoms with E-state index in [1.807, 2.05) is 56.3 Å². The molecule has 1 fully saturated rings. The minimum Gasteiger partial charge on any atom is -0.492 e. The lowest BCUT2D eigenvalue weighted by Crippen LogP contribution is -2.45. The van der Waals surface area contributed by atoms with Gasteiger partial charge in [0.25, 0.3) is 5.91 Å². The second kappa shape index (κ2) is 10.7. The molecule has 1 N–H and O–H groups in total. The molecular formula is C24H30N2O4. The molecule has 30 heavy (non-hydrogen) atoms. The van der Waals surface area contributed by atoms with E-state index in [1.54, 1.807) is 4.90 Å². The molecule has 2 aromatic carbocycles. The molecule has 0 unspecified atom stereocenters. The van der Waals surface area contributed by atoms with E-state index in [0.29, 0.717) is 44.8 Å². The van der Waals surface area contributed by atoms with E-state index in [0.717, 1.165) is 16.9 Å². The number of aryl methyl sites for hydroxylation is 2. The van der Waals surface area contributed by atoms with Crippen LogP contribution in [0.15, 0.2) is 48.5 Å². The van der Waals surface area contributed by atoms with Gasteiger partial charge in [-0.05, 0) is 62.1 Å². The third-order valence-corrected chi connectivity index (χ3v) is 5.19. The van der Waals surface area contributed by atoms with Gasteiger partial charge in [0.1, 0.15) is 18.1 Å². The van der Waals surface area contributed by atoms with Gasteiger partial charge in [0.05, 0.1) is 6.54 Å². The van der Waals surface area contributed by atoms with Gasteiger partial charge >= 0.3 is 0 Å². The van der Waals surface area contributed by atoms with Gasteiger partial charge in [-0.2, -0.15) is 0 Å². The molecule has 160 valence electrons. The zero-order valence-electron chi connectivity index (χ0n) is 17.7. The monoisotopic (exact) mass is 410 g/mol. The molecule has 0 aliphatic carbocycles. The van der Waals surface area contributed by atoms with E-state index in [1.165, 1.54) is 0 Å². The van der Waals surface area contributed by atoms with Gasteiger partial charge in [0, 0.05) is 19.0 Å². The van der Waals surface area contributed by atoms with E-state index < -0.39 is 0 Å². The third-order valence-electron chi connectivity index (χ3n) is 5.19. The molecule has 0 aromatic heterocycles. The topological polar surface area (TPSA) is 67.9 Å². The summed E-state index contributed by atoms with van der Waals surface area (Å²) in [7, 11) is 0. The molecule has 3 rings (SSSR count). The Labute approximate surface area is 178 Å². The maximum Gasteiger partial charge on any atom is 0.260 e. The zero-order valence-corrected chi connectivity index (χ0v) is 17.7. The number of carbonyl (C=O) groups is 2. The van der Waals surface area contributed by atoms with Crippen molar-refractivity contribution in [2.24, 2.45) is 5.92 Å². The van der Waals surface area contributed by atoms with Gasteiger partial charge in [0.15, 0.2) is 6.61 Å². The largest absolute Gasteiger partial charge is 0.492 e. The molecule has 0 radical (unpaired) electrons. The van der Waals surface area contributed by atoms with Crippen molar-refractivity contribution in [1.82, 2.24) is 10.2 Å². The van der Waals surface area contributed by atoms with Crippen molar-refractivity contribution >= 4 is 11.8 Å². The standard InChI is InChI=1S/C24H30N2O4/c1-18-14-19(2)16-22(15-18)29-13-10-25-24(28)20-8-11-26(12-9-20)23(27)17-30-21-6-4-3-5-7-21/h3-7,14-16,20H,8-13,17H2,1-2H3,(H,25,28). The Balaban J connectivity index is 1.33. The minimum absolute atomic E-state index is 0.0245. The van der Waals surface area contributed by atoms with E-state index in [9.17, 15) is 9.59 Å². The van der Waals surface area contributed by atoms with Gasteiger partial charge in [0.2, 0.25) is 5.91 Å². The molecule has 1 heterocycles. The van der Waals surface area contributed by atoms with Gasteiger partial charge in [-0.3, -0.25) is 9.59 Å². The highest BCUT2D eigenvalue weighted by molar-refractivity contribution is 5.80. The van der Waals surface area contributed by atoms with Gasteiger partial charge in [-0.25, -0.2) is 0 Å².